The topological polar surface area (TPSA) is 12.9 Å². The summed E-state index contributed by atoms with van der Waals surface area (Å²) in [5, 5.41) is 2.31. The SMILES string of the molecule is [2H]C([2H])(c1ccc2c(ccc3c2sc2c(-c4cc(C)cc(C)c4)ncc(C(F)(F)F)c23)c1)C(C)(C)C. The van der Waals surface area contributed by atoms with Crippen LogP contribution >= 0.6 is 11.3 Å². The molecule has 5 heteroatoms. The molecule has 0 fully saturated rings. The van der Waals surface area contributed by atoms with Crippen molar-refractivity contribution in [1.29, 1.82) is 0 Å². The molecule has 0 saturated carbocycles. The summed E-state index contributed by atoms with van der Waals surface area (Å²) in [6.07, 6.45) is -5.16. The summed E-state index contributed by atoms with van der Waals surface area (Å²) in [6.45, 7) is 9.49. The van der Waals surface area contributed by atoms with Crippen LogP contribution in [0.4, 0.5) is 13.2 Å². The van der Waals surface area contributed by atoms with Gasteiger partial charge in [-0.05, 0) is 54.1 Å². The quantitative estimate of drug-likeness (QED) is 0.246. The monoisotopic (exact) mass is 479 g/mol. The first kappa shape index (κ1) is 20.5. The maximum atomic E-state index is 14.1. The molecule has 5 rings (SSSR count). The molecule has 1 nitrogen and oxygen atoms in total. The highest BCUT2D eigenvalue weighted by molar-refractivity contribution is 7.27. The molecule has 0 bridgehead atoms. The Balaban J connectivity index is 1.85. The number of nitrogens with zero attached hydrogens (tertiary/aromatic N) is 1. The molecule has 0 radical (unpaired) electrons. The fraction of sp³-hybridized carbons (Fsp3) is 0.276. The van der Waals surface area contributed by atoms with E-state index in [1.165, 1.54) is 11.3 Å². The van der Waals surface area contributed by atoms with Gasteiger partial charge in [0.2, 0.25) is 0 Å². The van der Waals surface area contributed by atoms with Gasteiger partial charge in [0.05, 0.1) is 16.0 Å². The van der Waals surface area contributed by atoms with Gasteiger partial charge in [-0.25, -0.2) is 0 Å². The van der Waals surface area contributed by atoms with Crippen molar-refractivity contribution in [2.75, 3.05) is 0 Å². The standard InChI is InChI=1S/C29H26F3NS/c1-16-10-17(2)12-20(11-16)25-27-24(23(15-33-25)29(30,31)32)22-9-7-19-13-18(14-28(3,4)5)6-8-21(19)26(22)34-27/h6-13,15H,14H2,1-5H3/i14D2. The second kappa shape index (κ2) is 7.81. The van der Waals surface area contributed by atoms with Crippen LogP contribution in [0.15, 0.2) is 54.7 Å². The van der Waals surface area contributed by atoms with Gasteiger partial charge in [0.1, 0.15) is 0 Å². The molecule has 2 heterocycles. The fourth-order valence-electron chi connectivity index (χ4n) is 4.61. The van der Waals surface area contributed by atoms with Crippen LogP contribution in [0, 0.1) is 19.3 Å². The van der Waals surface area contributed by atoms with Crippen LogP contribution < -0.4 is 0 Å². The highest BCUT2D eigenvalue weighted by Crippen LogP contribution is 2.47. The summed E-state index contributed by atoms with van der Waals surface area (Å²) >= 11 is 1.32. The van der Waals surface area contributed by atoms with E-state index in [0.29, 0.717) is 21.3 Å². The molecule has 0 saturated heterocycles. The summed E-state index contributed by atoms with van der Waals surface area (Å²) in [6, 6.07) is 14.9. The third-order valence-electron chi connectivity index (χ3n) is 5.80. The number of halogens is 3. The molecule has 174 valence electrons. The molecular formula is C29H26F3NS. The molecule has 0 aliphatic heterocycles. The van der Waals surface area contributed by atoms with E-state index < -0.39 is 23.5 Å². The molecular weight excluding hydrogens is 451 g/mol. The molecule has 0 aliphatic carbocycles. The Labute approximate surface area is 204 Å². The van der Waals surface area contributed by atoms with Gasteiger partial charge < -0.3 is 0 Å². The van der Waals surface area contributed by atoms with Crippen molar-refractivity contribution in [2.45, 2.75) is 47.2 Å². The third-order valence-corrected chi connectivity index (χ3v) is 7.04. The average molecular weight is 480 g/mol. The van der Waals surface area contributed by atoms with Crippen molar-refractivity contribution in [3.05, 3.63) is 77.0 Å². The Hall–Kier alpha value is -2.92. The van der Waals surface area contributed by atoms with Gasteiger partial charge in [-0.15, -0.1) is 11.3 Å². The van der Waals surface area contributed by atoms with Crippen molar-refractivity contribution in [1.82, 2.24) is 4.98 Å². The number of pyridine rings is 1. The predicted molar refractivity (Wildman–Crippen MR) is 138 cm³/mol. The van der Waals surface area contributed by atoms with Crippen LogP contribution in [0.1, 0.15) is 45.8 Å². The molecule has 3 aromatic carbocycles. The second-order valence-corrected chi connectivity index (χ2v) is 11.0. The van der Waals surface area contributed by atoms with Crippen molar-refractivity contribution in [3.8, 4) is 11.3 Å². The van der Waals surface area contributed by atoms with Crippen LogP contribution in [-0.2, 0) is 12.5 Å². The maximum absolute atomic E-state index is 14.1. The Bertz CT molecular complexity index is 1640. The highest BCUT2D eigenvalue weighted by Gasteiger charge is 2.35. The summed E-state index contributed by atoms with van der Waals surface area (Å²) in [7, 11) is 0. The largest absolute Gasteiger partial charge is 0.418 e. The Morgan fingerprint density at radius 1 is 0.882 bits per heavy atom. The van der Waals surface area contributed by atoms with E-state index >= 15 is 0 Å². The van der Waals surface area contributed by atoms with E-state index in [1.807, 2.05) is 65.0 Å². The van der Waals surface area contributed by atoms with Crippen molar-refractivity contribution >= 4 is 42.3 Å². The van der Waals surface area contributed by atoms with Gasteiger partial charge in [0.15, 0.2) is 0 Å². The van der Waals surface area contributed by atoms with E-state index in [-0.39, 0.29) is 5.39 Å². The number of rotatable bonds is 2. The van der Waals surface area contributed by atoms with E-state index in [2.05, 4.69) is 4.98 Å². The summed E-state index contributed by atoms with van der Waals surface area (Å²) in [5.41, 5.74) is 2.58. The smallest absolute Gasteiger partial charge is 0.254 e. The molecule has 0 atom stereocenters. The molecule has 0 spiro atoms. The van der Waals surface area contributed by atoms with E-state index in [4.69, 9.17) is 2.74 Å². The van der Waals surface area contributed by atoms with Gasteiger partial charge in [0.25, 0.3) is 0 Å². The fourth-order valence-corrected chi connectivity index (χ4v) is 5.98. The minimum Gasteiger partial charge on any atom is -0.254 e. The van der Waals surface area contributed by atoms with E-state index in [9.17, 15) is 13.2 Å². The zero-order chi connectivity index (χ0) is 26.2. The van der Waals surface area contributed by atoms with E-state index in [0.717, 1.165) is 38.4 Å². The van der Waals surface area contributed by atoms with Crippen LogP contribution in [0.3, 0.4) is 0 Å². The zero-order valence-electron chi connectivity index (χ0n) is 21.7. The zero-order valence-corrected chi connectivity index (χ0v) is 20.5. The second-order valence-electron chi connectivity index (χ2n) is 9.95. The van der Waals surface area contributed by atoms with Gasteiger partial charge in [-0.1, -0.05) is 68.3 Å². The number of thiophene rings is 1. The molecule has 0 unspecified atom stereocenters. The van der Waals surface area contributed by atoms with Crippen molar-refractivity contribution in [3.63, 3.8) is 0 Å². The first-order valence-corrected chi connectivity index (χ1v) is 11.9. The molecule has 0 N–H and O–H groups in total. The normalized spacial score (nSPS) is 14.1. The lowest BCUT2D eigenvalue weighted by atomic mass is 9.87. The number of aromatic nitrogens is 1. The minimum absolute atomic E-state index is 0.169. The van der Waals surface area contributed by atoms with Crippen LogP contribution in [0.25, 0.3) is 42.2 Å². The lowest BCUT2D eigenvalue weighted by molar-refractivity contribution is -0.136. The number of hydrogen-bond acceptors (Lipinski definition) is 2. The van der Waals surface area contributed by atoms with Gasteiger partial charge in [-0.3, -0.25) is 4.98 Å². The number of fused-ring (bicyclic) bond motifs is 5. The average Bonchev–Trinajstić information content (AvgIpc) is 3.15. The number of alkyl halides is 3. The lowest BCUT2D eigenvalue weighted by Crippen LogP contribution is -2.08. The van der Waals surface area contributed by atoms with E-state index in [1.54, 1.807) is 18.2 Å². The Kier molecular flexibility index (Phi) is 4.70. The minimum atomic E-state index is -4.54. The molecule has 5 aromatic rings. The first-order valence-electron chi connectivity index (χ1n) is 12.1. The number of aryl methyl sites for hydroxylation is 2. The highest BCUT2D eigenvalue weighted by atomic mass is 32.1. The molecule has 34 heavy (non-hydrogen) atoms. The Morgan fingerprint density at radius 3 is 2.21 bits per heavy atom. The van der Waals surface area contributed by atoms with Crippen LogP contribution in [0.5, 0.6) is 0 Å². The number of benzene rings is 3. The van der Waals surface area contributed by atoms with Crippen LogP contribution in [0.2, 0.25) is 0 Å². The van der Waals surface area contributed by atoms with Crippen molar-refractivity contribution < 1.29 is 15.9 Å². The van der Waals surface area contributed by atoms with Crippen LogP contribution in [-0.4, -0.2) is 4.98 Å². The van der Waals surface area contributed by atoms with Crippen molar-refractivity contribution in [2.24, 2.45) is 5.41 Å². The summed E-state index contributed by atoms with van der Waals surface area (Å²) in [5.74, 6) is 0. The molecule has 0 aliphatic rings. The molecule has 2 aromatic heterocycles. The predicted octanol–water partition coefficient (Wildman–Crippen LogP) is 9.49. The summed E-state index contributed by atoms with van der Waals surface area (Å²) in [4.78, 5) is 4.32. The third kappa shape index (κ3) is 4.07. The Morgan fingerprint density at radius 2 is 1.56 bits per heavy atom. The van der Waals surface area contributed by atoms with Gasteiger partial charge >= 0.3 is 6.18 Å². The summed E-state index contributed by atoms with van der Waals surface area (Å²) < 4.78 is 60.9. The molecule has 0 amide bonds. The van der Waals surface area contributed by atoms with Gasteiger partial charge in [-0.2, -0.15) is 13.2 Å². The first-order chi connectivity index (χ1) is 16.7. The maximum Gasteiger partial charge on any atom is 0.418 e. The number of hydrogen-bond donors (Lipinski definition) is 0. The van der Waals surface area contributed by atoms with Gasteiger partial charge in [0, 0.05) is 30.0 Å². The lowest BCUT2D eigenvalue weighted by Gasteiger charge is -2.18.